The molecule has 106 valence electrons. The number of rotatable bonds is 3. The fourth-order valence-corrected chi connectivity index (χ4v) is 1.78. The normalized spacial score (nSPS) is 10.6. The second-order valence-electron chi connectivity index (χ2n) is 4.58. The first-order valence-corrected chi connectivity index (χ1v) is 6.33. The Hall–Kier alpha value is -2.89. The third-order valence-corrected chi connectivity index (χ3v) is 2.89. The first-order chi connectivity index (χ1) is 10.1. The van der Waals surface area contributed by atoms with Crippen LogP contribution in [0.25, 0.3) is 5.82 Å². The van der Waals surface area contributed by atoms with Crippen LogP contribution in [-0.4, -0.2) is 14.8 Å². The number of aromatic nitrogens is 3. The molecule has 2 heterocycles. The van der Waals surface area contributed by atoms with Gasteiger partial charge >= 0.3 is 0 Å². The van der Waals surface area contributed by atoms with Crippen molar-refractivity contribution in [2.24, 2.45) is 0 Å². The van der Waals surface area contributed by atoms with Crippen LogP contribution in [-0.2, 0) is 0 Å². The lowest BCUT2D eigenvalue weighted by Gasteiger charge is -2.04. The van der Waals surface area contributed by atoms with Crippen LogP contribution in [0.3, 0.4) is 0 Å². The number of benzene rings is 1. The van der Waals surface area contributed by atoms with Crippen molar-refractivity contribution in [1.82, 2.24) is 14.8 Å². The molecule has 0 unspecified atom stereocenters. The summed E-state index contributed by atoms with van der Waals surface area (Å²) >= 11 is 0. The summed E-state index contributed by atoms with van der Waals surface area (Å²) in [5.74, 6) is 0.844. The molecule has 0 atom stereocenters. The topological polar surface area (TPSA) is 66.0 Å². The molecule has 0 saturated heterocycles. The summed E-state index contributed by atoms with van der Waals surface area (Å²) in [5.41, 5.74) is 6.57. The first-order valence-electron chi connectivity index (χ1n) is 6.33. The number of nitrogens with two attached hydrogens (primary N) is 1. The van der Waals surface area contributed by atoms with Crippen molar-refractivity contribution in [3.05, 3.63) is 60.2 Å². The Kier molecular flexibility index (Phi) is 3.27. The Morgan fingerprint density at radius 3 is 2.76 bits per heavy atom. The zero-order valence-corrected chi connectivity index (χ0v) is 11.3. The molecule has 6 heteroatoms. The monoisotopic (exact) mass is 284 g/mol. The van der Waals surface area contributed by atoms with Gasteiger partial charge in [-0.15, -0.1) is 5.10 Å². The maximum Gasteiger partial charge on any atom is 0.238 e. The van der Waals surface area contributed by atoms with E-state index in [0.29, 0.717) is 17.4 Å². The van der Waals surface area contributed by atoms with Crippen molar-refractivity contribution < 1.29 is 9.13 Å². The highest BCUT2D eigenvalue weighted by Crippen LogP contribution is 2.23. The van der Waals surface area contributed by atoms with Gasteiger partial charge in [-0.1, -0.05) is 6.07 Å². The van der Waals surface area contributed by atoms with E-state index < -0.39 is 5.82 Å². The number of hydrogen-bond donors (Lipinski definition) is 1. The second kappa shape index (κ2) is 5.24. The van der Waals surface area contributed by atoms with Gasteiger partial charge in [0, 0.05) is 24.5 Å². The molecule has 0 aliphatic heterocycles. The Labute approximate surface area is 120 Å². The molecule has 0 bridgehead atoms. The van der Waals surface area contributed by atoms with Gasteiger partial charge in [-0.05, 0) is 30.7 Å². The van der Waals surface area contributed by atoms with Gasteiger partial charge in [0.1, 0.15) is 11.6 Å². The molecule has 0 aliphatic rings. The predicted molar refractivity (Wildman–Crippen MR) is 77.0 cm³/mol. The fourth-order valence-electron chi connectivity index (χ4n) is 1.78. The highest BCUT2D eigenvalue weighted by atomic mass is 19.1. The van der Waals surface area contributed by atoms with E-state index in [1.165, 1.54) is 12.1 Å². The molecular weight excluding hydrogens is 271 g/mol. The molecule has 0 amide bonds. The van der Waals surface area contributed by atoms with E-state index in [-0.39, 0.29) is 5.69 Å². The van der Waals surface area contributed by atoms with Gasteiger partial charge in [0.05, 0.1) is 5.69 Å². The largest absolute Gasteiger partial charge is 0.437 e. The summed E-state index contributed by atoms with van der Waals surface area (Å²) < 4.78 is 20.4. The molecule has 21 heavy (non-hydrogen) atoms. The highest BCUT2D eigenvalue weighted by molar-refractivity contribution is 5.44. The third kappa shape index (κ3) is 2.84. The van der Waals surface area contributed by atoms with Gasteiger partial charge in [0.2, 0.25) is 5.88 Å². The van der Waals surface area contributed by atoms with Crippen LogP contribution < -0.4 is 10.5 Å². The molecule has 3 rings (SSSR count). The quantitative estimate of drug-likeness (QED) is 0.750. The van der Waals surface area contributed by atoms with E-state index >= 15 is 0 Å². The van der Waals surface area contributed by atoms with Crippen molar-refractivity contribution in [3.63, 3.8) is 0 Å². The molecule has 3 aromatic rings. The molecule has 0 fully saturated rings. The molecule has 0 spiro atoms. The molecule has 5 nitrogen and oxygen atoms in total. The molecule has 0 radical (unpaired) electrons. The third-order valence-electron chi connectivity index (χ3n) is 2.89. The number of pyridine rings is 1. The van der Waals surface area contributed by atoms with Crippen LogP contribution in [0.1, 0.15) is 5.56 Å². The zero-order valence-electron chi connectivity index (χ0n) is 11.3. The first kappa shape index (κ1) is 13.1. The van der Waals surface area contributed by atoms with Crippen molar-refractivity contribution in [3.8, 4) is 17.4 Å². The minimum Gasteiger partial charge on any atom is -0.437 e. The summed E-state index contributed by atoms with van der Waals surface area (Å²) in [5, 5.41) is 4.24. The van der Waals surface area contributed by atoms with Gasteiger partial charge in [-0.25, -0.2) is 14.1 Å². The van der Waals surface area contributed by atoms with E-state index in [0.717, 1.165) is 5.56 Å². The van der Waals surface area contributed by atoms with Crippen LogP contribution in [0.5, 0.6) is 11.6 Å². The van der Waals surface area contributed by atoms with E-state index in [1.807, 2.05) is 19.1 Å². The maximum atomic E-state index is 13.3. The van der Waals surface area contributed by atoms with Crippen LogP contribution in [0.2, 0.25) is 0 Å². The van der Waals surface area contributed by atoms with Gasteiger partial charge in [-0.2, -0.15) is 0 Å². The van der Waals surface area contributed by atoms with E-state index in [4.69, 9.17) is 10.5 Å². The molecule has 2 aromatic heterocycles. The minimum atomic E-state index is -0.521. The van der Waals surface area contributed by atoms with E-state index in [2.05, 4.69) is 10.1 Å². The lowest BCUT2D eigenvalue weighted by Crippen LogP contribution is -1.98. The smallest absolute Gasteiger partial charge is 0.238 e. The van der Waals surface area contributed by atoms with Crippen LogP contribution in [0, 0.1) is 12.7 Å². The van der Waals surface area contributed by atoms with Crippen LogP contribution in [0.15, 0.2) is 48.8 Å². The average molecular weight is 284 g/mol. The van der Waals surface area contributed by atoms with Crippen molar-refractivity contribution in [2.75, 3.05) is 5.73 Å². The van der Waals surface area contributed by atoms with E-state index in [9.17, 15) is 4.39 Å². The average Bonchev–Trinajstić information content (AvgIpc) is 2.92. The number of anilines is 1. The number of halogens is 1. The predicted octanol–water partition coefficient (Wildman–Crippen LogP) is 3.09. The summed E-state index contributed by atoms with van der Waals surface area (Å²) in [6, 6.07) is 9.73. The second-order valence-corrected chi connectivity index (χ2v) is 4.58. The lowest BCUT2D eigenvalue weighted by molar-refractivity contribution is 0.453. The summed E-state index contributed by atoms with van der Waals surface area (Å²) in [6.45, 7) is 1.96. The molecule has 0 aliphatic carbocycles. The highest BCUT2D eigenvalue weighted by Gasteiger charge is 2.06. The Morgan fingerprint density at radius 2 is 2.05 bits per heavy atom. The SMILES string of the molecule is Cc1ccc(-n2ccc(Oc3ccc(N)c(F)c3)n2)nc1. The molecule has 1 aromatic carbocycles. The summed E-state index contributed by atoms with van der Waals surface area (Å²) in [4.78, 5) is 4.26. The molecule has 0 saturated carbocycles. The fraction of sp³-hybridized carbons (Fsp3) is 0.0667. The number of nitrogen functional groups attached to an aromatic ring is 1. The molecule has 2 N–H and O–H groups in total. The minimum absolute atomic E-state index is 0.0803. The van der Waals surface area contributed by atoms with Gasteiger partial charge in [0.15, 0.2) is 5.82 Å². The number of ether oxygens (including phenoxy) is 1. The van der Waals surface area contributed by atoms with Crippen molar-refractivity contribution in [2.45, 2.75) is 6.92 Å². The maximum absolute atomic E-state index is 13.3. The Bertz CT molecular complexity index is 768. The van der Waals surface area contributed by atoms with Crippen LogP contribution >= 0.6 is 0 Å². The Balaban J connectivity index is 1.81. The summed E-state index contributed by atoms with van der Waals surface area (Å²) in [7, 11) is 0. The van der Waals surface area contributed by atoms with E-state index in [1.54, 1.807) is 29.2 Å². The van der Waals surface area contributed by atoms with Gasteiger partial charge in [-0.3, -0.25) is 0 Å². The molecular formula is C15H13FN4O. The Morgan fingerprint density at radius 1 is 1.19 bits per heavy atom. The van der Waals surface area contributed by atoms with Crippen LogP contribution in [0.4, 0.5) is 10.1 Å². The lowest BCUT2D eigenvalue weighted by atomic mass is 10.3. The number of aryl methyl sites for hydroxylation is 1. The zero-order chi connectivity index (χ0) is 14.8. The number of nitrogens with zero attached hydrogens (tertiary/aromatic N) is 3. The standard InChI is InChI=1S/C15H13FN4O/c1-10-2-5-14(18-9-10)20-7-6-15(19-20)21-11-3-4-13(17)12(16)8-11/h2-9H,17H2,1H3. The van der Waals surface area contributed by atoms with Crippen molar-refractivity contribution >= 4 is 5.69 Å². The van der Waals surface area contributed by atoms with Gasteiger partial charge < -0.3 is 10.5 Å². The van der Waals surface area contributed by atoms with Crippen molar-refractivity contribution in [1.29, 1.82) is 0 Å². The van der Waals surface area contributed by atoms with Gasteiger partial charge in [0.25, 0.3) is 0 Å². The number of hydrogen-bond acceptors (Lipinski definition) is 4. The summed E-state index contributed by atoms with van der Waals surface area (Å²) in [6.07, 6.45) is 3.48.